The van der Waals surface area contributed by atoms with Gasteiger partial charge in [-0.3, -0.25) is 14.5 Å². The Morgan fingerprint density at radius 3 is 2.78 bits per heavy atom. The highest BCUT2D eigenvalue weighted by Gasteiger charge is 2.33. The topological polar surface area (TPSA) is 110 Å². The Hall–Kier alpha value is -3.09. The number of carbonyl (C=O) groups is 1. The Morgan fingerprint density at radius 1 is 1.37 bits per heavy atom. The van der Waals surface area contributed by atoms with Crippen molar-refractivity contribution < 1.29 is 18.0 Å². The Kier molecular flexibility index (Phi) is 5.03. The molecule has 2 atom stereocenters. The first kappa shape index (κ1) is 18.7. The second kappa shape index (κ2) is 7.26. The van der Waals surface area contributed by atoms with Gasteiger partial charge < -0.3 is 11.1 Å². The van der Waals surface area contributed by atoms with Crippen LogP contribution in [0.3, 0.4) is 0 Å². The first-order valence-corrected chi connectivity index (χ1v) is 8.38. The number of hydrogen-bond acceptors (Lipinski definition) is 5. The van der Waals surface area contributed by atoms with Crippen LogP contribution in [0.5, 0.6) is 0 Å². The van der Waals surface area contributed by atoms with Crippen molar-refractivity contribution in [3.05, 3.63) is 35.8 Å². The standard InChI is InChI=1S/C17H17F3N6O/c18-17(19,20)14-7-11(5-6-23-14)24-16-12(15(22)27)9-26(25-16)13-4-2-1-3-10(13)8-21/h5-7,9-10,13H,1-4H2,(H2,22,27)(H,23,24,25). The predicted octanol–water partition coefficient (Wildman–Crippen LogP) is 3.39. The van der Waals surface area contributed by atoms with E-state index in [1.807, 2.05) is 0 Å². The highest BCUT2D eigenvalue weighted by molar-refractivity contribution is 5.98. The summed E-state index contributed by atoms with van der Waals surface area (Å²) < 4.78 is 40.0. The number of halogens is 3. The van der Waals surface area contributed by atoms with E-state index >= 15 is 0 Å². The van der Waals surface area contributed by atoms with Crippen LogP contribution in [0.4, 0.5) is 24.7 Å². The van der Waals surface area contributed by atoms with Gasteiger partial charge in [-0.05, 0) is 25.0 Å². The van der Waals surface area contributed by atoms with Gasteiger partial charge in [0, 0.05) is 18.1 Å². The van der Waals surface area contributed by atoms with Gasteiger partial charge in [-0.2, -0.15) is 23.5 Å². The van der Waals surface area contributed by atoms with Gasteiger partial charge in [0.1, 0.15) is 11.3 Å². The molecule has 2 heterocycles. The van der Waals surface area contributed by atoms with Crippen LogP contribution in [0.2, 0.25) is 0 Å². The van der Waals surface area contributed by atoms with E-state index in [2.05, 4.69) is 21.5 Å². The van der Waals surface area contributed by atoms with Crippen molar-refractivity contribution in [2.75, 3.05) is 5.32 Å². The SMILES string of the molecule is N#CC1CCCCC1n1cc(C(N)=O)c(Nc2ccnc(C(F)(F)F)c2)n1. The second-order valence-electron chi connectivity index (χ2n) is 6.38. The monoisotopic (exact) mass is 378 g/mol. The Balaban J connectivity index is 1.93. The average Bonchev–Trinajstić information content (AvgIpc) is 3.05. The molecule has 0 aliphatic heterocycles. The molecule has 2 aromatic rings. The second-order valence-corrected chi connectivity index (χ2v) is 6.38. The van der Waals surface area contributed by atoms with Crippen molar-refractivity contribution in [2.45, 2.75) is 37.9 Å². The number of alkyl halides is 3. The number of nitriles is 1. The zero-order valence-corrected chi connectivity index (χ0v) is 14.2. The maximum absolute atomic E-state index is 12.8. The van der Waals surface area contributed by atoms with Gasteiger partial charge >= 0.3 is 6.18 Å². The molecule has 1 saturated carbocycles. The summed E-state index contributed by atoms with van der Waals surface area (Å²) in [7, 11) is 0. The first-order chi connectivity index (χ1) is 12.8. The molecule has 27 heavy (non-hydrogen) atoms. The first-order valence-electron chi connectivity index (χ1n) is 8.38. The van der Waals surface area contributed by atoms with E-state index in [4.69, 9.17) is 5.73 Å². The lowest BCUT2D eigenvalue weighted by atomic mass is 9.85. The maximum Gasteiger partial charge on any atom is 0.433 e. The molecule has 1 amide bonds. The molecule has 1 aliphatic rings. The van der Waals surface area contributed by atoms with Crippen LogP contribution >= 0.6 is 0 Å². The summed E-state index contributed by atoms with van der Waals surface area (Å²) in [6.07, 6.45) is 1.19. The smallest absolute Gasteiger partial charge is 0.365 e. The normalized spacial score (nSPS) is 20.1. The van der Waals surface area contributed by atoms with Crippen molar-refractivity contribution in [1.29, 1.82) is 5.26 Å². The molecule has 3 N–H and O–H groups in total. The highest BCUT2D eigenvalue weighted by atomic mass is 19.4. The van der Waals surface area contributed by atoms with Crippen molar-refractivity contribution in [3.8, 4) is 6.07 Å². The van der Waals surface area contributed by atoms with Crippen molar-refractivity contribution in [3.63, 3.8) is 0 Å². The summed E-state index contributed by atoms with van der Waals surface area (Å²) in [5.41, 5.74) is 4.44. The van der Waals surface area contributed by atoms with Crippen LogP contribution in [-0.2, 0) is 6.18 Å². The molecular formula is C17H17F3N6O. The number of hydrogen-bond donors (Lipinski definition) is 2. The number of rotatable bonds is 4. The third-order valence-corrected chi connectivity index (χ3v) is 4.55. The van der Waals surface area contributed by atoms with E-state index in [-0.39, 0.29) is 29.0 Å². The Bertz CT molecular complexity index is 886. The Labute approximate surface area is 153 Å². The van der Waals surface area contributed by atoms with Crippen LogP contribution in [-0.4, -0.2) is 20.7 Å². The minimum absolute atomic E-state index is 0.0441. The number of anilines is 2. The number of pyridine rings is 1. The highest BCUT2D eigenvalue weighted by Crippen LogP contribution is 2.35. The number of nitrogens with one attached hydrogen (secondary N) is 1. The summed E-state index contributed by atoms with van der Waals surface area (Å²) >= 11 is 0. The molecule has 0 aromatic carbocycles. The third kappa shape index (κ3) is 4.02. The summed E-state index contributed by atoms with van der Waals surface area (Å²) in [5.74, 6) is -0.966. The molecule has 2 aromatic heterocycles. The molecule has 7 nitrogen and oxygen atoms in total. The lowest BCUT2D eigenvalue weighted by molar-refractivity contribution is -0.141. The lowest BCUT2D eigenvalue weighted by Crippen LogP contribution is -2.22. The molecule has 142 valence electrons. The minimum Gasteiger partial charge on any atom is -0.365 e. The molecular weight excluding hydrogens is 361 g/mol. The van der Waals surface area contributed by atoms with Gasteiger partial charge in [-0.1, -0.05) is 12.8 Å². The van der Waals surface area contributed by atoms with Crippen LogP contribution in [0.15, 0.2) is 24.5 Å². The van der Waals surface area contributed by atoms with Gasteiger partial charge in [-0.15, -0.1) is 0 Å². The average molecular weight is 378 g/mol. The summed E-state index contributed by atoms with van der Waals surface area (Å²) in [5, 5.41) is 16.3. The van der Waals surface area contributed by atoms with E-state index in [0.717, 1.165) is 37.9 Å². The van der Waals surface area contributed by atoms with E-state index in [1.54, 1.807) is 0 Å². The van der Waals surface area contributed by atoms with E-state index < -0.39 is 17.8 Å². The van der Waals surface area contributed by atoms with Crippen LogP contribution in [0.25, 0.3) is 0 Å². The predicted molar refractivity (Wildman–Crippen MR) is 89.9 cm³/mol. The number of carbonyl (C=O) groups excluding carboxylic acids is 1. The van der Waals surface area contributed by atoms with E-state index in [1.165, 1.54) is 16.9 Å². The van der Waals surface area contributed by atoms with Gasteiger partial charge in [0.15, 0.2) is 5.82 Å². The molecule has 0 spiro atoms. The summed E-state index contributed by atoms with van der Waals surface area (Å²) in [6, 6.07) is 4.20. The van der Waals surface area contributed by atoms with Gasteiger partial charge in [-0.25, -0.2) is 0 Å². The van der Waals surface area contributed by atoms with Crippen molar-refractivity contribution >= 4 is 17.4 Å². The van der Waals surface area contributed by atoms with E-state index in [9.17, 15) is 23.2 Å². The fourth-order valence-electron chi connectivity index (χ4n) is 3.21. The zero-order chi connectivity index (χ0) is 19.6. The fraction of sp³-hybridized carbons (Fsp3) is 0.412. The lowest BCUT2D eigenvalue weighted by Gasteiger charge is -2.26. The van der Waals surface area contributed by atoms with Gasteiger partial charge in [0.05, 0.1) is 18.0 Å². The Morgan fingerprint density at radius 2 is 2.11 bits per heavy atom. The number of nitrogens with zero attached hydrogens (tertiary/aromatic N) is 4. The molecule has 1 fully saturated rings. The number of primary amides is 1. The molecule has 1 aliphatic carbocycles. The van der Waals surface area contributed by atoms with Crippen LogP contribution < -0.4 is 11.1 Å². The number of nitrogens with two attached hydrogens (primary N) is 1. The quantitative estimate of drug-likeness (QED) is 0.847. The maximum atomic E-state index is 12.8. The van der Waals surface area contributed by atoms with Gasteiger partial charge in [0.25, 0.3) is 5.91 Å². The molecule has 3 rings (SSSR count). The fourth-order valence-corrected chi connectivity index (χ4v) is 3.21. The zero-order valence-electron chi connectivity index (χ0n) is 14.2. The van der Waals surface area contributed by atoms with Crippen molar-refractivity contribution in [1.82, 2.24) is 14.8 Å². The molecule has 2 unspecified atom stereocenters. The van der Waals surface area contributed by atoms with Gasteiger partial charge in [0.2, 0.25) is 0 Å². The van der Waals surface area contributed by atoms with Crippen molar-refractivity contribution in [2.24, 2.45) is 11.7 Å². The molecule has 10 heteroatoms. The minimum atomic E-state index is -4.59. The number of aromatic nitrogens is 3. The van der Waals surface area contributed by atoms with E-state index in [0.29, 0.717) is 0 Å². The third-order valence-electron chi connectivity index (χ3n) is 4.55. The largest absolute Gasteiger partial charge is 0.433 e. The van der Waals surface area contributed by atoms with Crippen LogP contribution in [0, 0.1) is 17.2 Å². The molecule has 0 radical (unpaired) electrons. The summed E-state index contributed by atoms with van der Waals surface area (Å²) in [6.45, 7) is 0. The molecule has 0 bridgehead atoms. The number of amides is 1. The van der Waals surface area contributed by atoms with Crippen LogP contribution in [0.1, 0.15) is 47.8 Å². The summed E-state index contributed by atoms with van der Waals surface area (Å²) in [4.78, 5) is 15.0. The molecule has 0 saturated heterocycles.